The van der Waals surface area contributed by atoms with Crippen molar-refractivity contribution in [2.45, 2.75) is 13.1 Å². The summed E-state index contributed by atoms with van der Waals surface area (Å²) >= 11 is 0. The average Bonchev–Trinajstić information content (AvgIpc) is 2.43. The molecule has 0 heterocycles. The highest BCUT2D eigenvalue weighted by molar-refractivity contribution is 5.96. The number of alkyl halides is 3. The lowest BCUT2D eigenvalue weighted by molar-refractivity contribution is -0.140. The fourth-order valence-electron chi connectivity index (χ4n) is 1.62. The Labute approximate surface area is 119 Å². The Morgan fingerprint density at radius 1 is 1.29 bits per heavy atom. The van der Waals surface area contributed by atoms with Crippen LogP contribution in [0.1, 0.15) is 12.5 Å². The van der Waals surface area contributed by atoms with Crippen LogP contribution in [-0.4, -0.2) is 18.8 Å². The molecule has 0 aliphatic rings. The topological polar surface area (TPSA) is 61.5 Å². The number of carbonyl (C=O) groups excluding carboxylic acids is 1. The molecule has 0 aliphatic heterocycles. The predicted octanol–water partition coefficient (Wildman–Crippen LogP) is 2.97. The summed E-state index contributed by atoms with van der Waals surface area (Å²) in [5, 5.41) is 0. The molecule has 0 bridgehead atoms. The number of hydrogen-bond donors (Lipinski definition) is 1. The van der Waals surface area contributed by atoms with E-state index >= 15 is 0 Å². The molecule has 1 rings (SSSR count). The maximum absolute atomic E-state index is 13.2. The summed E-state index contributed by atoms with van der Waals surface area (Å²) < 4.78 is 44.2. The van der Waals surface area contributed by atoms with Gasteiger partial charge in [0.25, 0.3) is 0 Å². The molecule has 0 unspecified atom stereocenters. The van der Waals surface area contributed by atoms with E-state index < -0.39 is 29.1 Å². The van der Waals surface area contributed by atoms with E-state index in [0.29, 0.717) is 0 Å². The number of benzene rings is 1. The number of halogens is 3. The monoisotopic (exact) mass is 301 g/mol. The third kappa shape index (κ3) is 4.09. The van der Waals surface area contributed by atoms with E-state index in [1.165, 1.54) is 31.2 Å². The normalized spacial score (nSPS) is 12.4. The minimum absolute atomic E-state index is 0.0674. The van der Waals surface area contributed by atoms with Gasteiger partial charge >= 0.3 is 12.1 Å². The Kier molecular flexibility index (Phi) is 5.54. The van der Waals surface area contributed by atoms with Gasteiger partial charge in [-0.2, -0.15) is 19.1 Å². The first-order chi connectivity index (χ1) is 9.82. The van der Waals surface area contributed by atoms with Gasteiger partial charge in [-0.1, -0.05) is 36.9 Å². The lowest BCUT2D eigenvalue weighted by Gasteiger charge is -2.17. The quantitative estimate of drug-likeness (QED) is 0.299. The largest absolute Gasteiger partial charge is 0.462 e. The second-order valence-electron chi connectivity index (χ2n) is 3.88. The van der Waals surface area contributed by atoms with Crippen LogP contribution in [-0.2, 0) is 14.4 Å². The maximum atomic E-state index is 13.2. The van der Waals surface area contributed by atoms with Crippen molar-refractivity contribution in [3.8, 4) is 0 Å². The molecule has 21 heavy (non-hydrogen) atoms. The van der Waals surface area contributed by atoms with Gasteiger partial charge in [-0.3, -0.25) is 0 Å². The van der Waals surface area contributed by atoms with E-state index in [-0.39, 0.29) is 12.2 Å². The third-order valence-corrected chi connectivity index (χ3v) is 2.49. The molecule has 0 saturated heterocycles. The standard InChI is InChI=1S/C14H14F3NO3/c1-3-20-13(19)9(2)11(14(15,16)17)12(21-18)10-7-5-4-6-8-10/h4-8H,2-3,18H2,1H3/b12-11+. The first kappa shape index (κ1) is 16.8. The molecule has 0 aromatic heterocycles. The van der Waals surface area contributed by atoms with Crippen LogP contribution in [0.4, 0.5) is 13.2 Å². The van der Waals surface area contributed by atoms with Gasteiger partial charge in [-0.25, -0.2) is 4.79 Å². The molecule has 2 N–H and O–H groups in total. The van der Waals surface area contributed by atoms with Crippen molar-refractivity contribution in [2.24, 2.45) is 5.90 Å². The SMILES string of the molecule is C=C(C(=O)OCC)/C(=C(\ON)c1ccccc1)C(F)(F)F. The molecule has 0 radical (unpaired) electrons. The molecule has 4 nitrogen and oxygen atoms in total. The average molecular weight is 301 g/mol. The molecule has 7 heteroatoms. The van der Waals surface area contributed by atoms with E-state index in [1.54, 1.807) is 6.07 Å². The molecule has 1 aromatic carbocycles. The highest BCUT2D eigenvalue weighted by Crippen LogP contribution is 2.37. The van der Waals surface area contributed by atoms with E-state index in [0.717, 1.165) is 0 Å². The lowest BCUT2D eigenvalue weighted by atomic mass is 10.0. The maximum Gasteiger partial charge on any atom is 0.420 e. The van der Waals surface area contributed by atoms with Crippen LogP contribution in [0, 0.1) is 0 Å². The third-order valence-electron chi connectivity index (χ3n) is 2.49. The number of ether oxygens (including phenoxy) is 1. The summed E-state index contributed by atoms with van der Waals surface area (Å²) in [5.74, 6) is 3.08. The fourth-order valence-corrected chi connectivity index (χ4v) is 1.62. The van der Waals surface area contributed by atoms with Crippen LogP contribution in [0.3, 0.4) is 0 Å². The number of hydrogen-bond acceptors (Lipinski definition) is 4. The highest BCUT2D eigenvalue weighted by Gasteiger charge is 2.42. The van der Waals surface area contributed by atoms with E-state index in [2.05, 4.69) is 16.2 Å². The van der Waals surface area contributed by atoms with Crippen molar-refractivity contribution in [3.05, 3.63) is 53.6 Å². The zero-order valence-corrected chi connectivity index (χ0v) is 11.2. The summed E-state index contributed by atoms with van der Waals surface area (Å²) in [4.78, 5) is 15.9. The summed E-state index contributed by atoms with van der Waals surface area (Å²) in [6, 6.07) is 7.37. The second kappa shape index (κ2) is 6.94. The zero-order valence-electron chi connectivity index (χ0n) is 11.2. The minimum atomic E-state index is -4.88. The van der Waals surface area contributed by atoms with Gasteiger partial charge in [0.2, 0.25) is 0 Å². The van der Waals surface area contributed by atoms with Crippen molar-refractivity contribution < 1.29 is 27.5 Å². The van der Waals surface area contributed by atoms with Crippen LogP contribution < -0.4 is 5.90 Å². The zero-order chi connectivity index (χ0) is 16.0. The second-order valence-corrected chi connectivity index (χ2v) is 3.88. The molecule has 1 aromatic rings. The predicted molar refractivity (Wildman–Crippen MR) is 70.5 cm³/mol. The van der Waals surface area contributed by atoms with Crippen molar-refractivity contribution >= 4 is 11.7 Å². The van der Waals surface area contributed by atoms with Crippen molar-refractivity contribution in [3.63, 3.8) is 0 Å². The number of carbonyl (C=O) groups is 1. The minimum Gasteiger partial charge on any atom is -0.462 e. The van der Waals surface area contributed by atoms with Gasteiger partial charge in [0.1, 0.15) is 5.57 Å². The number of nitrogens with two attached hydrogens (primary N) is 1. The van der Waals surface area contributed by atoms with Crippen molar-refractivity contribution in [2.75, 3.05) is 6.61 Å². The molecular weight excluding hydrogens is 287 g/mol. The molecule has 0 saturated carbocycles. The Morgan fingerprint density at radius 2 is 1.86 bits per heavy atom. The van der Waals surface area contributed by atoms with Gasteiger partial charge in [-0.15, -0.1) is 0 Å². The van der Waals surface area contributed by atoms with Crippen LogP contribution in [0.2, 0.25) is 0 Å². The molecule has 0 amide bonds. The van der Waals surface area contributed by atoms with Crippen LogP contribution in [0.15, 0.2) is 48.1 Å². The Bertz CT molecular complexity index is 550. The lowest BCUT2D eigenvalue weighted by Crippen LogP contribution is -2.22. The number of esters is 1. The smallest absolute Gasteiger partial charge is 0.420 e. The summed E-state index contributed by atoms with van der Waals surface area (Å²) in [6.45, 7) is 4.54. The summed E-state index contributed by atoms with van der Waals surface area (Å²) in [5.41, 5.74) is -2.17. The Morgan fingerprint density at radius 3 is 2.29 bits per heavy atom. The highest BCUT2D eigenvalue weighted by atomic mass is 19.4. The summed E-state index contributed by atoms with van der Waals surface area (Å²) in [6.07, 6.45) is -4.88. The first-order valence-electron chi connectivity index (χ1n) is 5.93. The van der Waals surface area contributed by atoms with E-state index in [4.69, 9.17) is 5.90 Å². The molecule has 0 fully saturated rings. The molecule has 0 aliphatic carbocycles. The van der Waals surface area contributed by atoms with Crippen LogP contribution in [0.25, 0.3) is 5.76 Å². The van der Waals surface area contributed by atoms with Crippen LogP contribution in [0.5, 0.6) is 0 Å². The first-order valence-corrected chi connectivity index (χ1v) is 5.93. The van der Waals surface area contributed by atoms with Crippen molar-refractivity contribution in [1.29, 1.82) is 0 Å². The molecule has 114 valence electrons. The fraction of sp³-hybridized carbons (Fsp3) is 0.214. The molecular formula is C14H14F3NO3. The van der Waals surface area contributed by atoms with Gasteiger partial charge < -0.3 is 9.57 Å². The van der Waals surface area contributed by atoms with Gasteiger partial charge in [0.05, 0.1) is 12.2 Å². The van der Waals surface area contributed by atoms with Crippen molar-refractivity contribution in [1.82, 2.24) is 0 Å². The van der Waals surface area contributed by atoms with Gasteiger partial charge in [0, 0.05) is 5.56 Å². The van der Waals surface area contributed by atoms with Crippen LogP contribution >= 0.6 is 0 Å². The van der Waals surface area contributed by atoms with E-state index in [1.807, 2.05) is 0 Å². The van der Waals surface area contributed by atoms with Gasteiger partial charge in [0.15, 0.2) is 5.76 Å². The van der Waals surface area contributed by atoms with Gasteiger partial charge in [-0.05, 0) is 6.92 Å². The molecule has 0 spiro atoms. The van der Waals surface area contributed by atoms with E-state index in [9.17, 15) is 18.0 Å². The molecule has 0 atom stereocenters. The Hall–Kier alpha value is -2.28. The Balaban J connectivity index is 3.45. The summed E-state index contributed by atoms with van der Waals surface area (Å²) in [7, 11) is 0. The number of rotatable bonds is 5.